The normalized spacial score (nSPS) is 18.7. The summed E-state index contributed by atoms with van der Waals surface area (Å²) in [5.41, 5.74) is 0.566. The van der Waals surface area contributed by atoms with Crippen molar-refractivity contribution in [3.63, 3.8) is 0 Å². The van der Waals surface area contributed by atoms with Gasteiger partial charge in [0, 0.05) is 25.2 Å². The zero-order valence-electron chi connectivity index (χ0n) is 23.9. The number of piperidine rings is 1. The van der Waals surface area contributed by atoms with E-state index in [0.29, 0.717) is 24.0 Å². The quantitative estimate of drug-likeness (QED) is 0.485. The Bertz CT molecular complexity index is 1390. The van der Waals surface area contributed by atoms with Crippen molar-refractivity contribution < 1.29 is 23.5 Å². The van der Waals surface area contributed by atoms with Gasteiger partial charge in [-0.05, 0) is 62.4 Å². The SMILES string of the molecule is CC(C)(C)OC(=O)N[C@H](C(=O)N[C@@H]1CN(C(=O)c2cccn3cncc23)CC[C@H]1c1cccc(F)c1)C(C)(C)C. The number of alkyl carbamates (subject to hydrolysis) is 1. The van der Waals surface area contributed by atoms with Crippen molar-refractivity contribution in [2.24, 2.45) is 5.41 Å². The minimum Gasteiger partial charge on any atom is -0.444 e. The second-order valence-electron chi connectivity index (χ2n) is 12.4. The van der Waals surface area contributed by atoms with E-state index in [2.05, 4.69) is 15.6 Å². The van der Waals surface area contributed by atoms with Crippen LogP contribution in [0.25, 0.3) is 5.52 Å². The zero-order chi connectivity index (χ0) is 29.2. The van der Waals surface area contributed by atoms with Gasteiger partial charge < -0.3 is 24.7 Å². The van der Waals surface area contributed by atoms with Crippen molar-refractivity contribution >= 4 is 23.4 Å². The molecule has 0 saturated carbocycles. The zero-order valence-corrected chi connectivity index (χ0v) is 23.9. The van der Waals surface area contributed by atoms with Crippen LogP contribution in [0.15, 0.2) is 55.1 Å². The van der Waals surface area contributed by atoms with Gasteiger partial charge in [0.1, 0.15) is 17.5 Å². The first-order valence-electron chi connectivity index (χ1n) is 13.5. The van der Waals surface area contributed by atoms with Gasteiger partial charge in [0.05, 0.1) is 29.6 Å². The largest absolute Gasteiger partial charge is 0.444 e. The molecule has 0 aliphatic carbocycles. The predicted molar refractivity (Wildman–Crippen MR) is 149 cm³/mol. The van der Waals surface area contributed by atoms with Crippen LogP contribution in [0.4, 0.5) is 9.18 Å². The van der Waals surface area contributed by atoms with Gasteiger partial charge in [-0.25, -0.2) is 14.2 Å². The molecule has 1 saturated heterocycles. The summed E-state index contributed by atoms with van der Waals surface area (Å²) in [6.45, 7) is 11.4. The average molecular weight is 552 g/mol. The predicted octanol–water partition coefficient (Wildman–Crippen LogP) is 4.53. The van der Waals surface area contributed by atoms with Gasteiger partial charge in [-0.15, -0.1) is 0 Å². The van der Waals surface area contributed by atoms with Gasteiger partial charge in [-0.2, -0.15) is 0 Å². The summed E-state index contributed by atoms with van der Waals surface area (Å²) in [4.78, 5) is 45.8. The first-order valence-corrected chi connectivity index (χ1v) is 13.5. The van der Waals surface area contributed by atoms with E-state index in [1.807, 2.05) is 33.0 Å². The van der Waals surface area contributed by atoms with Gasteiger partial charge in [-0.1, -0.05) is 32.9 Å². The van der Waals surface area contributed by atoms with E-state index >= 15 is 0 Å². The number of carbonyl (C=O) groups excluding carboxylic acids is 3. The molecular weight excluding hydrogens is 513 g/mol. The number of aromatic nitrogens is 2. The number of pyridine rings is 1. The minimum absolute atomic E-state index is 0.178. The van der Waals surface area contributed by atoms with E-state index in [9.17, 15) is 18.8 Å². The van der Waals surface area contributed by atoms with Gasteiger partial charge in [-0.3, -0.25) is 9.59 Å². The third kappa shape index (κ3) is 6.78. The molecule has 3 atom stereocenters. The molecular formula is C30H38FN5O4. The highest BCUT2D eigenvalue weighted by Crippen LogP contribution is 2.31. The first kappa shape index (κ1) is 29.0. The Morgan fingerprint density at radius 2 is 1.85 bits per heavy atom. The second kappa shape index (κ2) is 11.3. The maximum absolute atomic E-state index is 14.2. The Kier molecular flexibility index (Phi) is 8.18. The molecule has 0 spiro atoms. The number of halogens is 1. The Morgan fingerprint density at radius 1 is 1.10 bits per heavy atom. The van der Waals surface area contributed by atoms with E-state index < -0.39 is 35.1 Å². The maximum atomic E-state index is 14.2. The number of likely N-dealkylation sites (tertiary alicyclic amines) is 1. The number of benzene rings is 1. The molecule has 9 nitrogen and oxygen atoms in total. The third-order valence-corrected chi connectivity index (χ3v) is 6.98. The lowest BCUT2D eigenvalue weighted by atomic mass is 9.83. The van der Waals surface area contributed by atoms with Gasteiger partial charge in [0.25, 0.3) is 5.91 Å². The third-order valence-electron chi connectivity index (χ3n) is 6.98. The fourth-order valence-electron chi connectivity index (χ4n) is 5.09. The molecule has 1 aromatic carbocycles. The van der Waals surface area contributed by atoms with Crippen LogP contribution in [0.2, 0.25) is 0 Å². The number of rotatable bonds is 5. The topological polar surface area (TPSA) is 105 Å². The summed E-state index contributed by atoms with van der Waals surface area (Å²) in [6.07, 6.45) is 4.92. The lowest BCUT2D eigenvalue weighted by Crippen LogP contribution is -2.60. The molecule has 2 aromatic heterocycles. The Balaban J connectivity index is 1.60. The second-order valence-corrected chi connectivity index (χ2v) is 12.4. The monoisotopic (exact) mass is 551 g/mol. The number of hydrogen-bond acceptors (Lipinski definition) is 5. The lowest BCUT2D eigenvalue weighted by molar-refractivity contribution is -0.126. The summed E-state index contributed by atoms with van der Waals surface area (Å²) in [6, 6.07) is 8.42. The van der Waals surface area contributed by atoms with Gasteiger partial charge in [0.2, 0.25) is 5.91 Å². The number of carbonyl (C=O) groups is 3. The molecule has 2 N–H and O–H groups in total. The Labute approximate surface area is 234 Å². The van der Waals surface area contributed by atoms with Crippen LogP contribution in [0.1, 0.15) is 69.8 Å². The van der Waals surface area contributed by atoms with Crippen molar-refractivity contribution in [2.45, 2.75) is 71.6 Å². The molecule has 1 fully saturated rings. The highest BCUT2D eigenvalue weighted by Gasteiger charge is 2.39. The smallest absolute Gasteiger partial charge is 0.408 e. The van der Waals surface area contributed by atoms with Crippen molar-refractivity contribution in [2.75, 3.05) is 13.1 Å². The first-order chi connectivity index (χ1) is 18.7. The van der Waals surface area contributed by atoms with E-state index in [-0.39, 0.29) is 24.2 Å². The van der Waals surface area contributed by atoms with Crippen molar-refractivity contribution in [1.29, 1.82) is 0 Å². The molecule has 0 bridgehead atoms. The molecule has 4 rings (SSSR count). The van der Waals surface area contributed by atoms with Gasteiger partial charge >= 0.3 is 6.09 Å². The molecule has 214 valence electrons. The molecule has 40 heavy (non-hydrogen) atoms. The summed E-state index contributed by atoms with van der Waals surface area (Å²) < 4.78 is 21.4. The summed E-state index contributed by atoms with van der Waals surface area (Å²) >= 11 is 0. The molecule has 0 radical (unpaired) electrons. The van der Waals surface area contributed by atoms with E-state index in [0.717, 1.165) is 5.56 Å². The number of imidazole rings is 1. The van der Waals surface area contributed by atoms with Crippen molar-refractivity contribution in [1.82, 2.24) is 24.9 Å². The fraction of sp³-hybridized carbons (Fsp3) is 0.467. The van der Waals surface area contributed by atoms with Crippen LogP contribution in [0, 0.1) is 11.2 Å². The van der Waals surface area contributed by atoms with Crippen LogP contribution < -0.4 is 10.6 Å². The van der Waals surface area contributed by atoms with E-state index in [4.69, 9.17) is 4.74 Å². The average Bonchev–Trinajstić information content (AvgIpc) is 3.34. The summed E-state index contributed by atoms with van der Waals surface area (Å²) in [5.74, 6) is -1.19. The van der Waals surface area contributed by atoms with E-state index in [1.165, 1.54) is 12.1 Å². The van der Waals surface area contributed by atoms with Crippen molar-refractivity contribution in [3.05, 3.63) is 72.1 Å². The molecule has 10 heteroatoms. The molecule has 1 aliphatic rings. The lowest BCUT2D eigenvalue weighted by Gasteiger charge is -2.41. The van der Waals surface area contributed by atoms with Gasteiger partial charge in [0.15, 0.2) is 0 Å². The molecule has 0 unspecified atom stereocenters. The number of fused-ring (bicyclic) bond motifs is 1. The molecule has 3 amide bonds. The summed E-state index contributed by atoms with van der Waals surface area (Å²) in [7, 11) is 0. The Morgan fingerprint density at radius 3 is 2.52 bits per heavy atom. The van der Waals surface area contributed by atoms with E-state index in [1.54, 1.807) is 60.8 Å². The highest BCUT2D eigenvalue weighted by molar-refractivity contribution is 6.00. The molecule has 1 aliphatic heterocycles. The summed E-state index contributed by atoms with van der Waals surface area (Å²) in [5, 5.41) is 5.81. The standard InChI is InChI=1S/C30H38FN5O4/c1-29(2,3)25(34-28(39)40-30(4,5)6)26(37)33-23-17-35(14-12-21(23)19-9-7-10-20(31)15-19)27(38)22-11-8-13-36-18-32-16-24(22)36/h7-11,13,15-16,18,21,23,25H,12,14,17H2,1-6H3,(H,33,37)(H,34,39)/t21-,23+,25+/m0/s1. The number of hydrogen-bond donors (Lipinski definition) is 2. The van der Waals surface area contributed by atoms with Crippen LogP contribution in [-0.4, -0.2) is 63.0 Å². The van der Waals surface area contributed by atoms with Crippen LogP contribution in [-0.2, 0) is 9.53 Å². The molecule has 3 aromatic rings. The fourth-order valence-corrected chi connectivity index (χ4v) is 5.09. The molecule has 3 heterocycles. The number of amides is 3. The van der Waals surface area contributed by atoms with Crippen LogP contribution in [0.5, 0.6) is 0 Å². The number of nitrogens with one attached hydrogen (secondary N) is 2. The Hall–Kier alpha value is -3.95. The maximum Gasteiger partial charge on any atom is 0.408 e. The van der Waals surface area contributed by atoms with Crippen LogP contribution in [0.3, 0.4) is 0 Å². The van der Waals surface area contributed by atoms with Crippen LogP contribution >= 0.6 is 0 Å². The highest BCUT2D eigenvalue weighted by atomic mass is 19.1. The number of ether oxygens (including phenoxy) is 1. The minimum atomic E-state index is -0.915. The number of nitrogens with zero attached hydrogens (tertiary/aromatic N) is 3. The van der Waals surface area contributed by atoms with Crippen molar-refractivity contribution in [3.8, 4) is 0 Å².